The van der Waals surface area contributed by atoms with Crippen molar-refractivity contribution < 1.29 is 5.11 Å². The highest BCUT2D eigenvalue weighted by molar-refractivity contribution is 5.15. The second-order valence-electron chi connectivity index (χ2n) is 4.86. The molecule has 1 aromatic rings. The summed E-state index contributed by atoms with van der Waals surface area (Å²) in [4.78, 5) is 8.91. The molecular weight excluding hydrogens is 226 g/mol. The number of rotatable bonds is 5. The highest BCUT2D eigenvalue weighted by Crippen LogP contribution is 2.21. The zero-order chi connectivity index (χ0) is 12.8. The molecule has 0 spiro atoms. The maximum Gasteiger partial charge on any atom is 0.0628 e. The summed E-state index contributed by atoms with van der Waals surface area (Å²) in [5.41, 5.74) is 1.16. The molecule has 0 amide bonds. The van der Waals surface area contributed by atoms with Crippen molar-refractivity contribution in [2.24, 2.45) is 0 Å². The summed E-state index contributed by atoms with van der Waals surface area (Å²) in [6, 6.07) is 4.12. The first kappa shape index (κ1) is 13.5. The Morgan fingerprint density at radius 2 is 1.89 bits per heavy atom. The van der Waals surface area contributed by atoms with Crippen LogP contribution in [0.15, 0.2) is 24.5 Å². The summed E-state index contributed by atoms with van der Waals surface area (Å²) < 4.78 is 0. The van der Waals surface area contributed by atoms with Crippen molar-refractivity contribution in [3.63, 3.8) is 0 Å². The Morgan fingerprint density at radius 1 is 1.22 bits per heavy atom. The predicted octanol–water partition coefficient (Wildman–Crippen LogP) is 1.14. The molecule has 18 heavy (non-hydrogen) atoms. The second kappa shape index (κ2) is 6.83. The van der Waals surface area contributed by atoms with Gasteiger partial charge in [-0.2, -0.15) is 0 Å². The van der Waals surface area contributed by atoms with Crippen LogP contribution < -0.4 is 0 Å². The van der Waals surface area contributed by atoms with Crippen LogP contribution in [0.4, 0.5) is 0 Å². The van der Waals surface area contributed by atoms with Crippen LogP contribution in [0.3, 0.4) is 0 Å². The van der Waals surface area contributed by atoms with Gasteiger partial charge in [0, 0.05) is 38.6 Å². The number of nitrogens with zero attached hydrogens (tertiary/aromatic N) is 3. The molecule has 0 aromatic carbocycles. The van der Waals surface area contributed by atoms with Crippen molar-refractivity contribution >= 4 is 0 Å². The quantitative estimate of drug-likeness (QED) is 0.849. The van der Waals surface area contributed by atoms with Crippen molar-refractivity contribution in [2.75, 3.05) is 39.3 Å². The van der Waals surface area contributed by atoms with E-state index in [4.69, 9.17) is 0 Å². The van der Waals surface area contributed by atoms with E-state index in [1.807, 2.05) is 12.1 Å². The van der Waals surface area contributed by atoms with E-state index in [-0.39, 0.29) is 12.6 Å². The summed E-state index contributed by atoms with van der Waals surface area (Å²) in [7, 11) is 0. The van der Waals surface area contributed by atoms with Gasteiger partial charge in [-0.1, -0.05) is 6.92 Å². The first-order chi connectivity index (χ1) is 8.85. The zero-order valence-corrected chi connectivity index (χ0v) is 11.1. The third-order valence-electron chi connectivity index (χ3n) is 3.65. The molecule has 2 heterocycles. The van der Waals surface area contributed by atoms with Crippen LogP contribution in [0.2, 0.25) is 0 Å². The predicted molar refractivity (Wildman–Crippen MR) is 72.4 cm³/mol. The van der Waals surface area contributed by atoms with Crippen molar-refractivity contribution in [1.29, 1.82) is 0 Å². The normalized spacial score (nSPS) is 19.9. The summed E-state index contributed by atoms with van der Waals surface area (Å²) in [5.74, 6) is 0. The standard InChI is InChI=1S/C14H23N3O/c1-2-7-16-8-10-17(11-9-16)14(12-18)13-3-5-15-6-4-13/h3-6,14,18H,2,7-12H2,1H3. The molecule has 1 unspecified atom stereocenters. The molecule has 0 bridgehead atoms. The number of aromatic nitrogens is 1. The molecular formula is C14H23N3O. The minimum atomic E-state index is 0.122. The maximum atomic E-state index is 9.63. The molecule has 0 radical (unpaired) electrons. The van der Waals surface area contributed by atoms with Gasteiger partial charge < -0.3 is 10.0 Å². The molecule has 1 aliphatic rings. The van der Waals surface area contributed by atoms with Crippen molar-refractivity contribution in [3.05, 3.63) is 30.1 Å². The number of hydrogen-bond donors (Lipinski definition) is 1. The lowest BCUT2D eigenvalue weighted by atomic mass is 10.1. The monoisotopic (exact) mass is 249 g/mol. The minimum Gasteiger partial charge on any atom is -0.394 e. The summed E-state index contributed by atoms with van der Waals surface area (Å²) >= 11 is 0. The molecule has 1 saturated heterocycles. The lowest BCUT2D eigenvalue weighted by molar-refractivity contribution is 0.0651. The number of aliphatic hydroxyl groups excluding tert-OH is 1. The van der Waals surface area contributed by atoms with Crippen molar-refractivity contribution in [1.82, 2.24) is 14.8 Å². The molecule has 1 fully saturated rings. The first-order valence-electron chi connectivity index (χ1n) is 6.82. The smallest absolute Gasteiger partial charge is 0.0628 e. The summed E-state index contributed by atoms with van der Waals surface area (Å²) in [6.07, 6.45) is 4.81. The van der Waals surface area contributed by atoms with Gasteiger partial charge in [0.2, 0.25) is 0 Å². The molecule has 1 aromatic heterocycles. The Bertz CT molecular complexity index is 336. The van der Waals surface area contributed by atoms with Crippen molar-refractivity contribution in [3.8, 4) is 0 Å². The Balaban J connectivity index is 1.95. The Kier molecular flexibility index (Phi) is 5.11. The van der Waals surface area contributed by atoms with Gasteiger partial charge in [-0.3, -0.25) is 9.88 Å². The van der Waals surface area contributed by atoms with Crippen LogP contribution in [-0.4, -0.2) is 59.2 Å². The van der Waals surface area contributed by atoms with E-state index in [1.54, 1.807) is 12.4 Å². The molecule has 0 aliphatic carbocycles. The third-order valence-corrected chi connectivity index (χ3v) is 3.65. The number of piperazine rings is 1. The van der Waals surface area contributed by atoms with E-state index in [1.165, 1.54) is 13.0 Å². The van der Waals surface area contributed by atoms with E-state index in [9.17, 15) is 5.11 Å². The number of pyridine rings is 1. The first-order valence-corrected chi connectivity index (χ1v) is 6.82. The molecule has 0 saturated carbocycles. The van der Waals surface area contributed by atoms with E-state index in [2.05, 4.69) is 21.7 Å². The van der Waals surface area contributed by atoms with Crippen molar-refractivity contribution in [2.45, 2.75) is 19.4 Å². The van der Waals surface area contributed by atoms with Gasteiger partial charge in [-0.05, 0) is 30.7 Å². The van der Waals surface area contributed by atoms with E-state index >= 15 is 0 Å². The molecule has 1 aliphatic heterocycles. The highest BCUT2D eigenvalue weighted by Gasteiger charge is 2.23. The minimum absolute atomic E-state index is 0.122. The average molecular weight is 249 g/mol. The molecule has 2 rings (SSSR count). The largest absolute Gasteiger partial charge is 0.394 e. The Labute approximate surface area is 109 Å². The Hall–Kier alpha value is -0.970. The molecule has 100 valence electrons. The van der Waals surface area contributed by atoms with Crippen LogP contribution >= 0.6 is 0 Å². The van der Waals surface area contributed by atoms with Gasteiger partial charge in [0.1, 0.15) is 0 Å². The van der Waals surface area contributed by atoms with Gasteiger partial charge in [-0.15, -0.1) is 0 Å². The van der Waals surface area contributed by atoms with Crippen LogP contribution in [0.1, 0.15) is 24.9 Å². The SMILES string of the molecule is CCCN1CCN(C(CO)c2ccncc2)CC1. The summed E-state index contributed by atoms with van der Waals surface area (Å²) in [6.45, 7) is 7.87. The van der Waals surface area contributed by atoms with Crippen LogP contribution in [0, 0.1) is 0 Å². The van der Waals surface area contributed by atoms with Crippen LogP contribution in [0.25, 0.3) is 0 Å². The van der Waals surface area contributed by atoms with Gasteiger partial charge in [0.25, 0.3) is 0 Å². The van der Waals surface area contributed by atoms with Gasteiger partial charge in [0.15, 0.2) is 0 Å². The molecule has 4 heteroatoms. The second-order valence-corrected chi connectivity index (χ2v) is 4.86. The lowest BCUT2D eigenvalue weighted by Crippen LogP contribution is -2.48. The van der Waals surface area contributed by atoms with Gasteiger partial charge in [-0.25, -0.2) is 0 Å². The van der Waals surface area contributed by atoms with E-state index < -0.39 is 0 Å². The topological polar surface area (TPSA) is 39.6 Å². The fourth-order valence-corrected chi connectivity index (χ4v) is 2.63. The summed E-state index contributed by atoms with van der Waals surface area (Å²) in [5, 5.41) is 9.63. The third kappa shape index (κ3) is 3.28. The average Bonchev–Trinajstić information content (AvgIpc) is 2.43. The fraction of sp³-hybridized carbons (Fsp3) is 0.643. The zero-order valence-electron chi connectivity index (χ0n) is 11.1. The Morgan fingerprint density at radius 3 is 2.44 bits per heavy atom. The highest BCUT2D eigenvalue weighted by atomic mass is 16.3. The van der Waals surface area contributed by atoms with Gasteiger partial charge in [0.05, 0.1) is 12.6 Å². The number of hydrogen-bond acceptors (Lipinski definition) is 4. The van der Waals surface area contributed by atoms with E-state index in [0.29, 0.717) is 0 Å². The fourth-order valence-electron chi connectivity index (χ4n) is 2.63. The lowest BCUT2D eigenvalue weighted by Gasteiger charge is -2.38. The molecule has 1 atom stereocenters. The molecule has 1 N–H and O–H groups in total. The van der Waals surface area contributed by atoms with Crippen LogP contribution in [-0.2, 0) is 0 Å². The van der Waals surface area contributed by atoms with E-state index in [0.717, 1.165) is 31.7 Å². The number of aliphatic hydroxyl groups is 1. The molecule has 4 nitrogen and oxygen atoms in total. The maximum absolute atomic E-state index is 9.63. The van der Waals surface area contributed by atoms with Crippen LogP contribution in [0.5, 0.6) is 0 Å². The van der Waals surface area contributed by atoms with Gasteiger partial charge >= 0.3 is 0 Å².